The van der Waals surface area contributed by atoms with E-state index in [4.69, 9.17) is 0 Å². The molecule has 0 aliphatic carbocycles. The SMILES string of the molecule is O=C(CCCc1c(-c2ccccn2)[nH]c2ccc(F)cc12)N1CCCCC1. The van der Waals surface area contributed by atoms with Gasteiger partial charge in [-0.05, 0) is 68.0 Å². The van der Waals surface area contributed by atoms with Gasteiger partial charge in [-0.2, -0.15) is 0 Å². The number of rotatable bonds is 5. The summed E-state index contributed by atoms with van der Waals surface area (Å²) >= 11 is 0. The third-order valence-electron chi connectivity index (χ3n) is 5.32. The minimum absolute atomic E-state index is 0.236. The summed E-state index contributed by atoms with van der Waals surface area (Å²) in [5, 5.41) is 0.876. The Balaban J connectivity index is 1.56. The van der Waals surface area contributed by atoms with Gasteiger partial charge in [0.25, 0.3) is 0 Å². The lowest BCUT2D eigenvalue weighted by molar-refractivity contribution is -0.132. The number of benzene rings is 1. The van der Waals surface area contributed by atoms with E-state index >= 15 is 0 Å². The van der Waals surface area contributed by atoms with Gasteiger partial charge in [-0.25, -0.2) is 4.39 Å². The fourth-order valence-corrected chi connectivity index (χ4v) is 3.93. The third kappa shape index (κ3) is 3.87. The number of carbonyl (C=O) groups excluding carboxylic acids is 1. The van der Waals surface area contributed by atoms with Gasteiger partial charge in [-0.1, -0.05) is 6.07 Å². The quantitative estimate of drug-likeness (QED) is 0.712. The van der Waals surface area contributed by atoms with Gasteiger partial charge in [0.1, 0.15) is 5.82 Å². The maximum Gasteiger partial charge on any atom is 0.222 e. The van der Waals surface area contributed by atoms with E-state index in [-0.39, 0.29) is 11.7 Å². The van der Waals surface area contributed by atoms with Crippen molar-refractivity contribution in [3.8, 4) is 11.4 Å². The smallest absolute Gasteiger partial charge is 0.222 e. The fraction of sp³-hybridized carbons (Fsp3) is 0.364. The number of fused-ring (bicyclic) bond motifs is 1. The standard InChI is InChI=1S/C22H24FN3O/c23-16-10-11-19-18(15-16)17(22(25-19)20-8-2-3-12-24-20)7-6-9-21(27)26-13-4-1-5-14-26/h2-3,8,10-12,15,25H,1,4-7,9,13-14H2. The summed E-state index contributed by atoms with van der Waals surface area (Å²) < 4.78 is 13.8. The van der Waals surface area contributed by atoms with E-state index in [1.807, 2.05) is 23.1 Å². The molecule has 3 aromatic rings. The van der Waals surface area contributed by atoms with Crippen molar-refractivity contribution in [3.63, 3.8) is 0 Å². The van der Waals surface area contributed by atoms with Crippen LogP contribution in [0.2, 0.25) is 0 Å². The van der Waals surface area contributed by atoms with Gasteiger partial charge in [-0.3, -0.25) is 9.78 Å². The molecule has 0 atom stereocenters. The number of H-pyrrole nitrogens is 1. The van der Waals surface area contributed by atoms with Crippen LogP contribution in [0, 0.1) is 5.82 Å². The highest BCUT2D eigenvalue weighted by atomic mass is 19.1. The van der Waals surface area contributed by atoms with Crippen LogP contribution in [-0.4, -0.2) is 33.9 Å². The lowest BCUT2D eigenvalue weighted by atomic mass is 10.0. The monoisotopic (exact) mass is 365 g/mol. The Bertz CT molecular complexity index is 929. The number of pyridine rings is 1. The van der Waals surface area contributed by atoms with Crippen LogP contribution in [0.3, 0.4) is 0 Å². The molecule has 5 heteroatoms. The zero-order valence-corrected chi connectivity index (χ0v) is 15.4. The molecule has 0 spiro atoms. The predicted molar refractivity (Wildman–Crippen MR) is 105 cm³/mol. The summed E-state index contributed by atoms with van der Waals surface area (Å²) in [7, 11) is 0. The van der Waals surface area contributed by atoms with Gasteiger partial charge in [0.05, 0.1) is 11.4 Å². The number of halogens is 1. The number of nitrogens with zero attached hydrogens (tertiary/aromatic N) is 2. The Labute approximate surface area is 158 Å². The summed E-state index contributed by atoms with van der Waals surface area (Å²) in [4.78, 5) is 22.3. The maximum absolute atomic E-state index is 13.8. The molecule has 0 unspecified atom stereocenters. The van der Waals surface area contributed by atoms with Crippen molar-refractivity contribution < 1.29 is 9.18 Å². The van der Waals surface area contributed by atoms with E-state index in [9.17, 15) is 9.18 Å². The van der Waals surface area contributed by atoms with Crippen molar-refractivity contribution in [2.24, 2.45) is 0 Å². The highest BCUT2D eigenvalue weighted by Crippen LogP contribution is 2.31. The average molecular weight is 365 g/mol. The molecule has 1 N–H and O–H groups in total. The summed E-state index contributed by atoms with van der Waals surface area (Å²) in [6.45, 7) is 1.77. The van der Waals surface area contributed by atoms with Crippen molar-refractivity contribution in [2.45, 2.75) is 38.5 Å². The number of aromatic amines is 1. The fourth-order valence-electron chi connectivity index (χ4n) is 3.93. The number of hydrogen-bond acceptors (Lipinski definition) is 2. The lowest BCUT2D eigenvalue weighted by Gasteiger charge is -2.26. The molecule has 27 heavy (non-hydrogen) atoms. The first-order valence-electron chi connectivity index (χ1n) is 9.71. The molecule has 1 aromatic carbocycles. The minimum atomic E-state index is -0.250. The van der Waals surface area contributed by atoms with Gasteiger partial charge < -0.3 is 9.88 Å². The maximum atomic E-state index is 13.8. The first-order valence-corrected chi connectivity index (χ1v) is 9.71. The van der Waals surface area contributed by atoms with Crippen LogP contribution in [-0.2, 0) is 11.2 Å². The Morgan fingerprint density at radius 2 is 2.00 bits per heavy atom. The van der Waals surface area contributed by atoms with Crippen LogP contribution >= 0.6 is 0 Å². The molecule has 4 nitrogen and oxygen atoms in total. The van der Waals surface area contributed by atoms with Crippen LogP contribution in [0.5, 0.6) is 0 Å². The van der Waals surface area contributed by atoms with E-state index in [1.165, 1.54) is 12.5 Å². The summed E-state index contributed by atoms with van der Waals surface area (Å²) in [6, 6.07) is 10.6. The summed E-state index contributed by atoms with van der Waals surface area (Å²) in [6.07, 6.45) is 7.19. The summed E-state index contributed by atoms with van der Waals surface area (Å²) in [5.41, 5.74) is 3.69. The van der Waals surface area contributed by atoms with Crippen molar-refractivity contribution in [2.75, 3.05) is 13.1 Å². The zero-order valence-electron chi connectivity index (χ0n) is 15.4. The van der Waals surface area contributed by atoms with Crippen LogP contribution in [0.25, 0.3) is 22.3 Å². The Hall–Kier alpha value is -2.69. The summed E-state index contributed by atoms with van der Waals surface area (Å²) in [5.74, 6) is -0.0141. The van der Waals surface area contributed by atoms with Crippen molar-refractivity contribution in [3.05, 3.63) is 54.0 Å². The van der Waals surface area contributed by atoms with Crippen LogP contribution in [0.4, 0.5) is 4.39 Å². The molecule has 0 radical (unpaired) electrons. The largest absolute Gasteiger partial charge is 0.353 e. The van der Waals surface area contributed by atoms with Gasteiger partial charge in [0, 0.05) is 36.6 Å². The molecular formula is C22H24FN3O. The Kier molecular flexibility index (Phi) is 5.19. The Morgan fingerprint density at radius 3 is 2.78 bits per heavy atom. The molecular weight excluding hydrogens is 341 g/mol. The molecule has 0 saturated carbocycles. The molecule has 1 amide bonds. The topological polar surface area (TPSA) is 49.0 Å². The second-order valence-corrected chi connectivity index (χ2v) is 7.18. The van der Waals surface area contributed by atoms with Crippen molar-refractivity contribution in [1.82, 2.24) is 14.9 Å². The number of hydrogen-bond donors (Lipinski definition) is 1. The average Bonchev–Trinajstić information content (AvgIpc) is 3.07. The molecule has 140 valence electrons. The van der Waals surface area contributed by atoms with Crippen LogP contribution < -0.4 is 0 Å². The molecule has 1 fully saturated rings. The van der Waals surface area contributed by atoms with E-state index in [2.05, 4.69) is 9.97 Å². The van der Waals surface area contributed by atoms with Gasteiger partial charge in [0.15, 0.2) is 0 Å². The highest BCUT2D eigenvalue weighted by Gasteiger charge is 2.18. The van der Waals surface area contributed by atoms with E-state index in [1.54, 1.807) is 18.3 Å². The first kappa shape index (κ1) is 17.7. The number of likely N-dealkylation sites (tertiary alicyclic amines) is 1. The predicted octanol–water partition coefficient (Wildman–Crippen LogP) is 4.70. The molecule has 3 heterocycles. The van der Waals surface area contributed by atoms with Crippen LogP contribution in [0.15, 0.2) is 42.6 Å². The molecule has 4 rings (SSSR count). The van der Waals surface area contributed by atoms with Gasteiger partial charge in [0.2, 0.25) is 5.91 Å². The number of amides is 1. The molecule has 1 aliphatic heterocycles. The van der Waals surface area contributed by atoms with Gasteiger partial charge >= 0.3 is 0 Å². The number of piperidine rings is 1. The Morgan fingerprint density at radius 1 is 1.15 bits per heavy atom. The number of nitrogens with one attached hydrogen (secondary N) is 1. The lowest BCUT2D eigenvalue weighted by Crippen LogP contribution is -2.35. The van der Waals surface area contributed by atoms with Crippen LogP contribution in [0.1, 0.15) is 37.7 Å². The number of carbonyl (C=O) groups is 1. The molecule has 1 saturated heterocycles. The number of aromatic nitrogens is 2. The van der Waals surface area contributed by atoms with Gasteiger partial charge in [-0.15, -0.1) is 0 Å². The van der Waals surface area contributed by atoms with E-state index in [0.29, 0.717) is 6.42 Å². The highest BCUT2D eigenvalue weighted by molar-refractivity contribution is 5.90. The first-order chi connectivity index (χ1) is 13.2. The third-order valence-corrected chi connectivity index (χ3v) is 5.32. The van der Waals surface area contributed by atoms with Crippen molar-refractivity contribution >= 4 is 16.8 Å². The molecule has 0 bridgehead atoms. The number of aryl methyl sites for hydroxylation is 1. The second kappa shape index (κ2) is 7.91. The molecule has 2 aromatic heterocycles. The molecule has 1 aliphatic rings. The minimum Gasteiger partial charge on any atom is -0.353 e. The van der Waals surface area contributed by atoms with E-state index < -0.39 is 0 Å². The zero-order chi connectivity index (χ0) is 18.6. The van der Waals surface area contributed by atoms with Crippen molar-refractivity contribution in [1.29, 1.82) is 0 Å². The second-order valence-electron chi connectivity index (χ2n) is 7.18. The van der Waals surface area contributed by atoms with E-state index in [0.717, 1.165) is 66.6 Å². The normalized spacial score (nSPS) is 14.6.